The molecule has 0 N–H and O–H groups in total. The van der Waals surface area contributed by atoms with Gasteiger partial charge in [-0.3, -0.25) is 10.1 Å². The topological polar surface area (TPSA) is 52.4 Å². The van der Waals surface area contributed by atoms with Crippen LogP contribution in [-0.2, 0) is 5.88 Å². The van der Waals surface area contributed by atoms with Crippen molar-refractivity contribution in [3.05, 3.63) is 33.9 Å². The normalized spacial score (nSPS) is 15.4. The fourth-order valence-corrected chi connectivity index (χ4v) is 1.94. The summed E-state index contributed by atoms with van der Waals surface area (Å²) in [6.07, 6.45) is 3.56. The number of alkyl halides is 1. The van der Waals surface area contributed by atoms with Crippen LogP contribution >= 0.6 is 11.6 Å². The number of hydrogen-bond donors (Lipinski definition) is 0. The molecule has 0 saturated heterocycles. The Morgan fingerprint density at radius 2 is 2.24 bits per heavy atom. The molecule has 0 spiro atoms. The lowest BCUT2D eigenvalue weighted by atomic mass is 9.86. The van der Waals surface area contributed by atoms with Gasteiger partial charge in [0.1, 0.15) is 0 Å². The second-order valence-electron chi connectivity index (χ2n) is 4.30. The molecule has 1 aromatic carbocycles. The van der Waals surface area contributed by atoms with E-state index in [0.717, 1.165) is 18.4 Å². The van der Waals surface area contributed by atoms with Crippen LogP contribution in [0.4, 0.5) is 5.69 Å². The minimum absolute atomic E-state index is 0.00229. The first-order chi connectivity index (χ1) is 8.20. The Bertz CT molecular complexity index is 418. The first-order valence-corrected chi connectivity index (χ1v) is 6.20. The Balaban J connectivity index is 2.10. The van der Waals surface area contributed by atoms with Gasteiger partial charge in [0.2, 0.25) is 0 Å². The Labute approximate surface area is 105 Å². The molecule has 0 aromatic heterocycles. The molecule has 1 aliphatic carbocycles. The van der Waals surface area contributed by atoms with Crippen molar-refractivity contribution in [1.82, 2.24) is 0 Å². The number of halogens is 1. The van der Waals surface area contributed by atoms with E-state index in [0.29, 0.717) is 18.3 Å². The zero-order chi connectivity index (χ0) is 12.3. The highest BCUT2D eigenvalue weighted by Gasteiger charge is 2.21. The predicted octanol–water partition coefficient (Wildman–Crippen LogP) is 3.51. The molecule has 0 bridgehead atoms. The van der Waals surface area contributed by atoms with Crippen molar-refractivity contribution in [2.45, 2.75) is 25.1 Å². The minimum atomic E-state index is -0.424. The SMILES string of the molecule is O=[N+]([O-])c1cc(CCl)ccc1OCC1CCC1. The summed E-state index contributed by atoms with van der Waals surface area (Å²) >= 11 is 5.65. The molecule has 1 aliphatic rings. The maximum atomic E-state index is 10.9. The van der Waals surface area contributed by atoms with E-state index in [2.05, 4.69) is 0 Å². The van der Waals surface area contributed by atoms with Gasteiger partial charge in [0, 0.05) is 11.9 Å². The van der Waals surface area contributed by atoms with Crippen LogP contribution in [0.25, 0.3) is 0 Å². The van der Waals surface area contributed by atoms with Crippen LogP contribution in [0.5, 0.6) is 5.75 Å². The average molecular weight is 256 g/mol. The van der Waals surface area contributed by atoms with Crippen molar-refractivity contribution in [3.63, 3.8) is 0 Å². The molecule has 17 heavy (non-hydrogen) atoms. The molecule has 0 radical (unpaired) electrons. The van der Waals surface area contributed by atoms with E-state index in [1.807, 2.05) is 0 Å². The zero-order valence-electron chi connectivity index (χ0n) is 9.39. The number of ether oxygens (including phenoxy) is 1. The first kappa shape index (κ1) is 12.2. The number of nitro benzene ring substituents is 1. The average Bonchev–Trinajstić information content (AvgIpc) is 2.27. The summed E-state index contributed by atoms with van der Waals surface area (Å²) in [4.78, 5) is 10.5. The molecule has 0 unspecified atom stereocenters. The lowest BCUT2D eigenvalue weighted by Crippen LogP contribution is -2.19. The van der Waals surface area contributed by atoms with Crippen molar-refractivity contribution in [2.75, 3.05) is 6.61 Å². The van der Waals surface area contributed by atoms with Crippen molar-refractivity contribution in [1.29, 1.82) is 0 Å². The van der Waals surface area contributed by atoms with Crippen molar-refractivity contribution >= 4 is 17.3 Å². The van der Waals surface area contributed by atoms with Crippen LogP contribution in [0.1, 0.15) is 24.8 Å². The van der Waals surface area contributed by atoms with Crippen LogP contribution in [0, 0.1) is 16.0 Å². The second-order valence-corrected chi connectivity index (χ2v) is 4.57. The van der Waals surface area contributed by atoms with E-state index < -0.39 is 4.92 Å². The van der Waals surface area contributed by atoms with Gasteiger partial charge in [0.05, 0.1) is 11.5 Å². The fourth-order valence-electron chi connectivity index (χ4n) is 1.78. The number of nitro groups is 1. The van der Waals surface area contributed by atoms with Crippen LogP contribution in [0.3, 0.4) is 0 Å². The van der Waals surface area contributed by atoms with Gasteiger partial charge in [0.25, 0.3) is 0 Å². The highest BCUT2D eigenvalue weighted by molar-refractivity contribution is 6.17. The van der Waals surface area contributed by atoms with Crippen molar-refractivity contribution in [3.8, 4) is 5.75 Å². The van der Waals surface area contributed by atoms with Crippen LogP contribution in [0.15, 0.2) is 18.2 Å². The molecule has 1 fully saturated rings. The standard InChI is InChI=1S/C12H14ClNO3/c13-7-10-4-5-12(11(6-10)14(15)16)17-8-9-2-1-3-9/h4-6,9H,1-3,7-8H2. The lowest BCUT2D eigenvalue weighted by molar-refractivity contribution is -0.386. The summed E-state index contributed by atoms with van der Waals surface area (Å²) in [5.74, 6) is 1.17. The lowest BCUT2D eigenvalue weighted by Gasteiger charge is -2.25. The summed E-state index contributed by atoms with van der Waals surface area (Å²) in [7, 11) is 0. The monoisotopic (exact) mass is 255 g/mol. The smallest absolute Gasteiger partial charge is 0.311 e. The molecule has 1 saturated carbocycles. The van der Waals surface area contributed by atoms with E-state index in [1.54, 1.807) is 12.1 Å². The first-order valence-electron chi connectivity index (χ1n) is 5.67. The van der Waals surface area contributed by atoms with E-state index >= 15 is 0 Å². The Morgan fingerprint density at radius 1 is 1.47 bits per heavy atom. The molecule has 2 rings (SSSR count). The molecule has 5 heteroatoms. The van der Waals surface area contributed by atoms with Crippen LogP contribution < -0.4 is 4.74 Å². The summed E-state index contributed by atoms with van der Waals surface area (Å²) in [5, 5.41) is 10.9. The summed E-state index contributed by atoms with van der Waals surface area (Å²) < 4.78 is 5.52. The highest BCUT2D eigenvalue weighted by Crippen LogP contribution is 2.31. The molecule has 92 valence electrons. The van der Waals surface area contributed by atoms with Gasteiger partial charge in [-0.25, -0.2) is 0 Å². The molecular weight excluding hydrogens is 242 g/mol. The van der Waals surface area contributed by atoms with Crippen LogP contribution in [0.2, 0.25) is 0 Å². The molecule has 0 atom stereocenters. The van der Waals surface area contributed by atoms with E-state index in [-0.39, 0.29) is 11.6 Å². The predicted molar refractivity (Wildman–Crippen MR) is 65.5 cm³/mol. The summed E-state index contributed by atoms with van der Waals surface area (Å²) in [6.45, 7) is 0.570. The van der Waals surface area contributed by atoms with Gasteiger partial charge in [-0.05, 0) is 30.4 Å². The Morgan fingerprint density at radius 3 is 2.76 bits per heavy atom. The molecule has 0 aliphatic heterocycles. The molecule has 4 nitrogen and oxygen atoms in total. The van der Waals surface area contributed by atoms with Gasteiger partial charge >= 0.3 is 5.69 Å². The van der Waals surface area contributed by atoms with Gasteiger partial charge in [0.15, 0.2) is 5.75 Å². The maximum Gasteiger partial charge on any atom is 0.311 e. The van der Waals surface area contributed by atoms with Crippen molar-refractivity contribution < 1.29 is 9.66 Å². The van der Waals surface area contributed by atoms with Gasteiger partial charge in [-0.1, -0.05) is 12.5 Å². The van der Waals surface area contributed by atoms with E-state index in [9.17, 15) is 10.1 Å². The van der Waals surface area contributed by atoms with E-state index in [1.165, 1.54) is 12.5 Å². The maximum absolute atomic E-state index is 10.9. The Hall–Kier alpha value is -1.29. The third kappa shape index (κ3) is 2.88. The van der Waals surface area contributed by atoms with Gasteiger partial charge < -0.3 is 4.74 Å². The van der Waals surface area contributed by atoms with Gasteiger partial charge in [-0.15, -0.1) is 11.6 Å². The Kier molecular flexibility index (Phi) is 3.84. The summed E-state index contributed by atoms with van der Waals surface area (Å²) in [5.41, 5.74) is 0.733. The van der Waals surface area contributed by atoms with Crippen LogP contribution in [-0.4, -0.2) is 11.5 Å². The molecular formula is C12H14ClNO3. The molecule has 0 amide bonds. The third-order valence-corrected chi connectivity index (χ3v) is 3.38. The number of rotatable bonds is 5. The number of benzene rings is 1. The van der Waals surface area contributed by atoms with E-state index in [4.69, 9.17) is 16.3 Å². The second kappa shape index (κ2) is 5.36. The quantitative estimate of drug-likeness (QED) is 0.460. The highest BCUT2D eigenvalue weighted by atomic mass is 35.5. The van der Waals surface area contributed by atoms with Gasteiger partial charge in [-0.2, -0.15) is 0 Å². The molecule has 1 aromatic rings. The largest absolute Gasteiger partial charge is 0.487 e. The minimum Gasteiger partial charge on any atom is -0.487 e. The fraction of sp³-hybridized carbons (Fsp3) is 0.500. The third-order valence-electron chi connectivity index (χ3n) is 3.07. The zero-order valence-corrected chi connectivity index (χ0v) is 10.2. The number of nitrogens with zero attached hydrogens (tertiary/aromatic N) is 1. The number of hydrogen-bond acceptors (Lipinski definition) is 3. The van der Waals surface area contributed by atoms with Crippen molar-refractivity contribution in [2.24, 2.45) is 5.92 Å². The summed E-state index contributed by atoms with van der Waals surface area (Å²) in [6, 6.07) is 4.87. The molecule has 0 heterocycles.